The summed E-state index contributed by atoms with van der Waals surface area (Å²) >= 11 is 0. The molecule has 2 rings (SSSR count). The third kappa shape index (κ3) is 2.46. The van der Waals surface area contributed by atoms with Crippen LogP contribution in [0.1, 0.15) is 58.8 Å². The van der Waals surface area contributed by atoms with E-state index in [0.717, 1.165) is 12.1 Å². The van der Waals surface area contributed by atoms with E-state index in [1.54, 1.807) is 0 Å². The van der Waals surface area contributed by atoms with Gasteiger partial charge in [-0.25, -0.2) is 0 Å². The lowest BCUT2D eigenvalue weighted by molar-refractivity contribution is 0.110. The molecule has 2 aliphatic rings. The molecule has 0 spiro atoms. The van der Waals surface area contributed by atoms with E-state index in [0.29, 0.717) is 5.41 Å². The zero-order valence-electron chi connectivity index (χ0n) is 9.10. The lowest BCUT2D eigenvalue weighted by Gasteiger charge is -2.45. The number of hydrogen-bond donors (Lipinski definition) is 1. The second-order valence-corrected chi connectivity index (χ2v) is 5.77. The molecule has 76 valence electrons. The van der Waals surface area contributed by atoms with Gasteiger partial charge in [0, 0.05) is 12.1 Å². The predicted octanol–water partition coefficient (Wildman–Crippen LogP) is 3.10. The van der Waals surface area contributed by atoms with Crippen LogP contribution in [0.5, 0.6) is 0 Å². The highest BCUT2D eigenvalue weighted by Crippen LogP contribution is 2.40. The molecule has 0 amide bonds. The first-order valence-electron chi connectivity index (χ1n) is 5.92. The van der Waals surface area contributed by atoms with Gasteiger partial charge >= 0.3 is 0 Å². The van der Waals surface area contributed by atoms with Crippen LogP contribution in [0.4, 0.5) is 0 Å². The molecule has 0 atom stereocenters. The minimum atomic E-state index is 0.631. The fourth-order valence-corrected chi connectivity index (χ4v) is 2.99. The average Bonchev–Trinajstić information content (AvgIpc) is 2.03. The molecule has 2 aliphatic carbocycles. The molecule has 0 unspecified atom stereocenters. The van der Waals surface area contributed by atoms with Crippen LogP contribution in [0.3, 0.4) is 0 Å². The summed E-state index contributed by atoms with van der Waals surface area (Å²) in [6.07, 6.45) is 10.0. The molecular weight excluding hydrogens is 158 g/mol. The van der Waals surface area contributed by atoms with Gasteiger partial charge in [-0.3, -0.25) is 0 Å². The first-order chi connectivity index (χ1) is 6.16. The summed E-state index contributed by atoms with van der Waals surface area (Å²) in [5.41, 5.74) is 0.631. The van der Waals surface area contributed by atoms with Gasteiger partial charge in [0.1, 0.15) is 0 Å². The quantitative estimate of drug-likeness (QED) is 0.690. The largest absolute Gasteiger partial charge is 0.311 e. The molecule has 1 nitrogen and oxygen atoms in total. The average molecular weight is 181 g/mol. The molecule has 0 bridgehead atoms. The molecule has 2 saturated carbocycles. The molecule has 1 N–H and O–H groups in total. The molecule has 1 heteroatoms. The normalized spacial score (nSPS) is 30.0. The van der Waals surface area contributed by atoms with Gasteiger partial charge in [-0.05, 0) is 31.1 Å². The molecule has 0 aromatic heterocycles. The van der Waals surface area contributed by atoms with Gasteiger partial charge in [0.05, 0.1) is 0 Å². The number of rotatable bonds is 2. The highest BCUT2D eigenvalue weighted by molar-refractivity contribution is 4.93. The Hall–Kier alpha value is -0.0400. The molecule has 13 heavy (non-hydrogen) atoms. The summed E-state index contributed by atoms with van der Waals surface area (Å²) < 4.78 is 0. The Bertz CT molecular complexity index is 160. The SMILES string of the molecule is CC1(C)CC(NC2CCCCC2)C1. The summed E-state index contributed by atoms with van der Waals surface area (Å²) in [4.78, 5) is 0. The Morgan fingerprint density at radius 2 is 1.54 bits per heavy atom. The minimum absolute atomic E-state index is 0.631. The van der Waals surface area contributed by atoms with Gasteiger partial charge in [0.25, 0.3) is 0 Å². The summed E-state index contributed by atoms with van der Waals surface area (Å²) in [7, 11) is 0. The van der Waals surface area contributed by atoms with Crippen LogP contribution >= 0.6 is 0 Å². The van der Waals surface area contributed by atoms with Gasteiger partial charge in [0.2, 0.25) is 0 Å². The van der Waals surface area contributed by atoms with Crippen molar-refractivity contribution in [3.8, 4) is 0 Å². The third-order valence-electron chi connectivity index (χ3n) is 3.67. The van der Waals surface area contributed by atoms with E-state index < -0.39 is 0 Å². The Morgan fingerprint density at radius 1 is 0.923 bits per heavy atom. The van der Waals surface area contributed by atoms with Crippen LogP contribution in [0.15, 0.2) is 0 Å². The monoisotopic (exact) mass is 181 g/mol. The summed E-state index contributed by atoms with van der Waals surface area (Å²) in [6.45, 7) is 4.76. The molecule has 2 fully saturated rings. The van der Waals surface area contributed by atoms with Gasteiger partial charge in [-0.1, -0.05) is 33.1 Å². The van der Waals surface area contributed by atoms with Crippen molar-refractivity contribution >= 4 is 0 Å². The molecule has 0 aliphatic heterocycles. The lowest BCUT2D eigenvalue weighted by Crippen LogP contribution is -2.50. The highest BCUT2D eigenvalue weighted by atomic mass is 15.0. The maximum Gasteiger partial charge on any atom is 0.00798 e. The Morgan fingerprint density at radius 3 is 2.08 bits per heavy atom. The van der Waals surface area contributed by atoms with Crippen molar-refractivity contribution in [2.24, 2.45) is 5.41 Å². The Labute approximate surface area is 82.3 Å². The zero-order valence-corrected chi connectivity index (χ0v) is 9.10. The lowest BCUT2D eigenvalue weighted by atomic mass is 9.68. The fourth-order valence-electron chi connectivity index (χ4n) is 2.99. The van der Waals surface area contributed by atoms with Gasteiger partial charge in [-0.2, -0.15) is 0 Å². The second-order valence-electron chi connectivity index (χ2n) is 5.77. The fraction of sp³-hybridized carbons (Fsp3) is 1.00. The van der Waals surface area contributed by atoms with Crippen molar-refractivity contribution in [1.29, 1.82) is 0 Å². The van der Waals surface area contributed by atoms with Crippen molar-refractivity contribution < 1.29 is 0 Å². The summed E-state index contributed by atoms with van der Waals surface area (Å²) in [5, 5.41) is 3.81. The number of hydrogen-bond acceptors (Lipinski definition) is 1. The van der Waals surface area contributed by atoms with Crippen molar-refractivity contribution in [3.63, 3.8) is 0 Å². The van der Waals surface area contributed by atoms with Crippen LogP contribution in [0.25, 0.3) is 0 Å². The first-order valence-corrected chi connectivity index (χ1v) is 5.92. The van der Waals surface area contributed by atoms with Gasteiger partial charge in [0.15, 0.2) is 0 Å². The molecule has 0 aromatic rings. The maximum atomic E-state index is 3.81. The maximum absolute atomic E-state index is 3.81. The molecule has 0 aromatic carbocycles. The highest BCUT2D eigenvalue weighted by Gasteiger charge is 2.36. The topological polar surface area (TPSA) is 12.0 Å². The van der Waals surface area contributed by atoms with E-state index in [-0.39, 0.29) is 0 Å². The van der Waals surface area contributed by atoms with Crippen LogP contribution in [-0.4, -0.2) is 12.1 Å². The Balaban J connectivity index is 1.68. The van der Waals surface area contributed by atoms with Crippen LogP contribution in [0, 0.1) is 5.41 Å². The van der Waals surface area contributed by atoms with Crippen LogP contribution < -0.4 is 5.32 Å². The van der Waals surface area contributed by atoms with E-state index in [1.165, 1.54) is 44.9 Å². The van der Waals surface area contributed by atoms with Gasteiger partial charge < -0.3 is 5.32 Å². The zero-order chi connectivity index (χ0) is 9.31. The van der Waals surface area contributed by atoms with E-state index >= 15 is 0 Å². The molecule has 0 radical (unpaired) electrons. The van der Waals surface area contributed by atoms with Crippen molar-refractivity contribution in [2.75, 3.05) is 0 Å². The van der Waals surface area contributed by atoms with E-state index in [2.05, 4.69) is 19.2 Å². The number of nitrogens with one attached hydrogen (secondary N) is 1. The van der Waals surface area contributed by atoms with Crippen molar-refractivity contribution in [1.82, 2.24) is 5.32 Å². The van der Waals surface area contributed by atoms with E-state index in [9.17, 15) is 0 Å². The third-order valence-corrected chi connectivity index (χ3v) is 3.67. The first kappa shape index (κ1) is 9.51. The second kappa shape index (κ2) is 3.61. The summed E-state index contributed by atoms with van der Waals surface area (Å²) in [6, 6.07) is 1.70. The molecule has 0 saturated heterocycles. The standard InChI is InChI=1S/C12H23N/c1-12(2)8-11(9-12)13-10-6-4-3-5-7-10/h10-11,13H,3-9H2,1-2H3. The minimum Gasteiger partial charge on any atom is -0.311 e. The van der Waals surface area contributed by atoms with Crippen LogP contribution in [-0.2, 0) is 0 Å². The smallest absolute Gasteiger partial charge is 0.00798 e. The van der Waals surface area contributed by atoms with E-state index in [4.69, 9.17) is 0 Å². The van der Waals surface area contributed by atoms with Gasteiger partial charge in [-0.15, -0.1) is 0 Å². The predicted molar refractivity (Wildman–Crippen MR) is 56.8 cm³/mol. The van der Waals surface area contributed by atoms with Crippen LogP contribution in [0.2, 0.25) is 0 Å². The summed E-state index contributed by atoms with van der Waals surface area (Å²) in [5.74, 6) is 0. The Kier molecular flexibility index (Phi) is 2.64. The molecule has 0 heterocycles. The molecular formula is C12H23N. The van der Waals surface area contributed by atoms with Crippen molar-refractivity contribution in [3.05, 3.63) is 0 Å². The van der Waals surface area contributed by atoms with E-state index in [1.807, 2.05) is 0 Å². The van der Waals surface area contributed by atoms with Crippen molar-refractivity contribution in [2.45, 2.75) is 70.9 Å².